The molecule has 1 aromatic carbocycles. The maximum absolute atomic E-state index is 9.34. The maximum atomic E-state index is 9.34. The number of aromatic amines is 1. The highest BCUT2D eigenvalue weighted by molar-refractivity contribution is 5.86. The third-order valence-corrected chi connectivity index (χ3v) is 5.36. The quantitative estimate of drug-likeness (QED) is 0.451. The van der Waals surface area contributed by atoms with E-state index in [1.807, 2.05) is 0 Å². The van der Waals surface area contributed by atoms with Gasteiger partial charge in [-0.2, -0.15) is 0 Å². The molecule has 0 radical (unpaired) electrons. The van der Waals surface area contributed by atoms with Gasteiger partial charge in [0, 0.05) is 55.9 Å². The topological polar surface area (TPSA) is 81.7 Å². The van der Waals surface area contributed by atoms with Crippen LogP contribution >= 0.6 is 0 Å². The van der Waals surface area contributed by atoms with Crippen LogP contribution in [0.1, 0.15) is 24.0 Å². The summed E-state index contributed by atoms with van der Waals surface area (Å²) in [4.78, 5) is 7.67. The number of H-pyrrole nitrogens is 1. The molecule has 1 saturated heterocycles. The average molecular weight is 358 g/mol. The van der Waals surface area contributed by atoms with Crippen LogP contribution in [0.15, 0.2) is 29.4 Å². The van der Waals surface area contributed by atoms with Gasteiger partial charge in [0.05, 0.1) is 6.61 Å². The maximum Gasteiger partial charge on any atom is 0.191 e. The van der Waals surface area contributed by atoms with Gasteiger partial charge in [0.25, 0.3) is 0 Å². The number of guanidine groups is 1. The van der Waals surface area contributed by atoms with E-state index in [4.69, 9.17) is 4.74 Å². The Morgan fingerprint density at radius 2 is 2.27 bits per heavy atom. The Bertz CT molecular complexity index is 747. The number of fused-ring (bicyclic) bond motifs is 1. The number of aryl methyl sites for hydroxylation is 1. The van der Waals surface area contributed by atoms with Crippen LogP contribution in [0.5, 0.6) is 0 Å². The van der Waals surface area contributed by atoms with Gasteiger partial charge in [-0.3, -0.25) is 4.99 Å². The molecule has 0 amide bonds. The first-order chi connectivity index (χ1) is 12.7. The normalized spacial score (nSPS) is 20.7. The molecule has 1 unspecified atom stereocenters. The van der Waals surface area contributed by atoms with Crippen molar-refractivity contribution in [1.82, 2.24) is 15.6 Å². The lowest BCUT2D eigenvalue weighted by Gasteiger charge is -2.27. The molecule has 1 fully saturated rings. The number of aliphatic imine (C=N–C) groups is 1. The van der Waals surface area contributed by atoms with Gasteiger partial charge in [0.15, 0.2) is 5.96 Å². The van der Waals surface area contributed by atoms with Gasteiger partial charge in [-0.1, -0.05) is 12.1 Å². The Kier molecular flexibility index (Phi) is 6.16. The van der Waals surface area contributed by atoms with E-state index in [1.165, 1.54) is 22.0 Å². The minimum Gasteiger partial charge on any atom is -0.396 e. The zero-order valence-electron chi connectivity index (χ0n) is 15.8. The van der Waals surface area contributed by atoms with Crippen molar-refractivity contribution in [3.05, 3.63) is 35.5 Å². The Balaban J connectivity index is 1.53. The predicted molar refractivity (Wildman–Crippen MR) is 106 cm³/mol. The average Bonchev–Trinajstić information content (AvgIpc) is 3.27. The summed E-state index contributed by atoms with van der Waals surface area (Å²) >= 11 is 0. The Morgan fingerprint density at radius 3 is 3.00 bits per heavy atom. The van der Waals surface area contributed by atoms with E-state index in [9.17, 15) is 5.11 Å². The lowest BCUT2D eigenvalue weighted by Crippen LogP contribution is -2.45. The monoisotopic (exact) mass is 358 g/mol. The lowest BCUT2D eigenvalue weighted by atomic mass is 9.84. The third kappa shape index (κ3) is 4.19. The fourth-order valence-electron chi connectivity index (χ4n) is 3.77. The fourth-order valence-corrected chi connectivity index (χ4v) is 3.77. The van der Waals surface area contributed by atoms with E-state index in [-0.39, 0.29) is 12.0 Å². The molecule has 0 aliphatic carbocycles. The molecule has 1 aliphatic heterocycles. The van der Waals surface area contributed by atoms with Gasteiger partial charge >= 0.3 is 0 Å². The van der Waals surface area contributed by atoms with E-state index in [0.29, 0.717) is 6.61 Å². The van der Waals surface area contributed by atoms with Crippen molar-refractivity contribution in [2.45, 2.75) is 26.2 Å². The van der Waals surface area contributed by atoms with Crippen molar-refractivity contribution in [3.63, 3.8) is 0 Å². The first-order valence-corrected chi connectivity index (χ1v) is 9.36. The van der Waals surface area contributed by atoms with E-state index >= 15 is 0 Å². The molecule has 26 heavy (non-hydrogen) atoms. The van der Waals surface area contributed by atoms with E-state index < -0.39 is 0 Å². The summed E-state index contributed by atoms with van der Waals surface area (Å²) in [5, 5.41) is 17.5. The number of hydrogen-bond acceptors (Lipinski definition) is 3. The molecule has 4 N–H and O–H groups in total. The van der Waals surface area contributed by atoms with Crippen LogP contribution in [-0.4, -0.2) is 56.0 Å². The van der Waals surface area contributed by atoms with Gasteiger partial charge in [-0.25, -0.2) is 0 Å². The number of nitrogens with zero attached hydrogens (tertiary/aromatic N) is 1. The lowest BCUT2D eigenvalue weighted by molar-refractivity contribution is 0.127. The molecule has 2 heterocycles. The molecule has 3 rings (SSSR count). The minimum absolute atomic E-state index is 0.0142. The number of rotatable bonds is 7. The number of aliphatic hydroxyl groups excluding tert-OH is 1. The van der Waals surface area contributed by atoms with Crippen molar-refractivity contribution < 1.29 is 9.84 Å². The number of benzene rings is 1. The summed E-state index contributed by atoms with van der Waals surface area (Å²) in [6, 6.07) is 6.35. The first kappa shape index (κ1) is 18.7. The molecule has 6 nitrogen and oxygen atoms in total. The number of hydrogen-bond donors (Lipinski definition) is 4. The first-order valence-electron chi connectivity index (χ1n) is 9.36. The van der Waals surface area contributed by atoms with Crippen molar-refractivity contribution in [3.8, 4) is 0 Å². The molecule has 0 saturated carbocycles. The molecule has 6 heteroatoms. The predicted octanol–water partition coefficient (Wildman–Crippen LogP) is 1.97. The van der Waals surface area contributed by atoms with Crippen LogP contribution in [0.25, 0.3) is 10.9 Å². The summed E-state index contributed by atoms with van der Waals surface area (Å²) in [5.41, 5.74) is 3.82. The molecule has 2 aromatic rings. The molecule has 142 valence electrons. The van der Waals surface area contributed by atoms with Gasteiger partial charge in [0.1, 0.15) is 0 Å². The molecule has 1 aliphatic rings. The standard InChI is InChI=1S/C20H30N4O2/c1-15-4-3-5-17-18(15)16(12-23-17)6-9-22-19(21-2)24-13-20(7-10-25)8-11-26-14-20/h3-5,12,23,25H,6-11,13-14H2,1-2H3,(H2,21,22,24). The minimum atomic E-state index is 0.0142. The second-order valence-electron chi connectivity index (χ2n) is 7.19. The highest BCUT2D eigenvalue weighted by atomic mass is 16.5. The summed E-state index contributed by atoms with van der Waals surface area (Å²) in [7, 11) is 1.79. The van der Waals surface area contributed by atoms with E-state index in [2.05, 4.69) is 51.9 Å². The molecular weight excluding hydrogens is 328 g/mol. The summed E-state index contributed by atoms with van der Waals surface area (Å²) in [6.45, 7) is 5.39. The zero-order chi connectivity index (χ0) is 18.4. The van der Waals surface area contributed by atoms with E-state index in [1.54, 1.807) is 7.05 Å². The molecule has 0 bridgehead atoms. The molecule has 0 spiro atoms. The molecule has 1 atom stereocenters. The van der Waals surface area contributed by atoms with Crippen molar-refractivity contribution >= 4 is 16.9 Å². The van der Waals surface area contributed by atoms with E-state index in [0.717, 1.165) is 44.9 Å². The van der Waals surface area contributed by atoms with Crippen LogP contribution in [0.4, 0.5) is 0 Å². The van der Waals surface area contributed by atoms with Crippen LogP contribution in [0.3, 0.4) is 0 Å². The Morgan fingerprint density at radius 1 is 1.38 bits per heavy atom. The second-order valence-corrected chi connectivity index (χ2v) is 7.19. The zero-order valence-corrected chi connectivity index (χ0v) is 15.8. The van der Waals surface area contributed by atoms with Crippen molar-refractivity contribution in [2.75, 3.05) is 40.0 Å². The molecular formula is C20H30N4O2. The molecule has 1 aromatic heterocycles. The third-order valence-electron chi connectivity index (χ3n) is 5.36. The van der Waals surface area contributed by atoms with Gasteiger partial charge in [-0.15, -0.1) is 0 Å². The van der Waals surface area contributed by atoms with Gasteiger partial charge in [0.2, 0.25) is 0 Å². The van der Waals surface area contributed by atoms with Crippen LogP contribution in [-0.2, 0) is 11.2 Å². The largest absolute Gasteiger partial charge is 0.396 e. The fraction of sp³-hybridized carbons (Fsp3) is 0.550. The number of aromatic nitrogens is 1. The SMILES string of the molecule is CN=C(NCCc1c[nH]c2cccc(C)c12)NCC1(CCO)CCOC1. The van der Waals surface area contributed by atoms with Gasteiger partial charge < -0.3 is 25.5 Å². The smallest absolute Gasteiger partial charge is 0.191 e. The second kappa shape index (κ2) is 8.56. The summed E-state index contributed by atoms with van der Waals surface area (Å²) in [5.74, 6) is 0.797. The Hall–Kier alpha value is -2.05. The van der Waals surface area contributed by atoms with Crippen molar-refractivity contribution in [2.24, 2.45) is 10.4 Å². The summed E-state index contributed by atoms with van der Waals surface area (Å²) < 4.78 is 5.55. The van der Waals surface area contributed by atoms with Crippen LogP contribution in [0, 0.1) is 12.3 Å². The number of ether oxygens (including phenoxy) is 1. The highest BCUT2D eigenvalue weighted by Gasteiger charge is 2.34. The van der Waals surface area contributed by atoms with Crippen LogP contribution in [0.2, 0.25) is 0 Å². The number of aliphatic hydroxyl groups is 1. The summed E-state index contributed by atoms with van der Waals surface area (Å²) in [6.07, 6.45) is 4.76. The number of nitrogens with one attached hydrogen (secondary N) is 3. The van der Waals surface area contributed by atoms with Crippen molar-refractivity contribution in [1.29, 1.82) is 0 Å². The Labute approximate surface area is 155 Å². The highest BCUT2D eigenvalue weighted by Crippen LogP contribution is 2.31. The van der Waals surface area contributed by atoms with Gasteiger partial charge in [-0.05, 0) is 43.4 Å². The van der Waals surface area contributed by atoms with Crippen LogP contribution < -0.4 is 10.6 Å².